The van der Waals surface area contributed by atoms with Gasteiger partial charge >= 0.3 is 0 Å². The minimum atomic E-state index is 0.100. The molecule has 1 aliphatic rings. The molecule has 1 amide bonds. The van der Waals surface area contributed by atoms with Gasteiger partial charge in [0.25, 0.3) is 0 Å². The second kappa shape index (κ2) is 10.4. The number of carbonyl (C=O) groups excluding carboxylic acids is 1. The zero-order valence-corrected chi connectivity index (χ0v) is 17.1. The summed E-state index contributed by atoms with van der Waals surface area (Å²) in [5.41, 5.74) is 2.59. The molecule has 0 saturated carbocycles. The Kier molecular flexibility index (Phi) is 7.63. The standard InChI is InChI=1S/C24H33N3O/c1-19(2)24(21-11-7-4-8-12-21)25-17-23(28)26-22-13-15-27(16-14-22)18-20-9-5-3-6-10-20/h3-12,19,22,24-25H,13-18H2,1-2H3,(H,26,28)/t24-/m1/s1. The SMILES string of the molecule is CC(C)[C@@H](NCC(=O)NC1CCN(Cc2ccccc2)CC1)c1ccccc1. The summed E-state index contributed by atoms with van der Waals surface area (Å²) in [6.45, 7) is 7.80. The monoisotopic (exact) mass is 379 g/mol. The summed E-state index contributed by atoms with van der Waals surface area (Å²) in [5, 5.41) is 6.66. The molecule has 4 nitrogen and oxygen atoms in total. The van der Waals surface area contributed by atoms with E-state index in [0.29, 0.717) is 12.5 Å². The molecule has 28 heavy (non-hydrogen) atoms. The highest BCUT2D eigenvalue weighted by molar-refractivity contribution is 5.78. The van der Waals surface area contributed by atoms with Crippen LogP contribution in [0.5, 0.6) is 0 Å². The van der Waals surface area contributed by atoms with Gasteiger partial charge in [-0.1, -0.05) is 74.5 Å². The molecular weight excluding hydrogens is 346 g/mol. The van der Waals surface area contributed by atoms with Gasteiger partial charge in [0.1, 0.15) is 0 Å². The van der Waals surface area contributed by atoms with Gasteiger partial charge in [-0.15, -0.1) is 0 Å². The molecule has 4 heteroatoms. The first-order valence-electron chi connectivity index (χ1n) is 10.5. The first-order chi connectivity index (χ1) is 13.6. The number of amides is 1. The van der Waals surface area contributed by atoms with E-state index < -0.39 is 0 Å². The fourth-order valence-electron chi connectivity index (χ4n) is 3.96. The lowest BCUT2D eigenvalue weighted by molar-refractivity contribution is -0.121. The van der Waals surface area contributed by atoms with Crippen molar-refractivity contribution >= 4 is 5.91 Å². The number of hydrogen-bond acceptors (Lipinski definition) is 3. The maximum absolute atomic E-state index is 12.5. The molecule has 2 N–H and O–H groups in total. The summed E-state index contributed by atoms with van der Waals surface area (Å²) in [5.74, 6) is 0.527. The van der Waals surface area contributed by atoms with Gasteiger partial charge in [-0.05, 0) is 29.9 Å². The molecule has 1 aliphatic heterocycles. The largest absolute Gasteiger partial charge is 0.352 e. The lowest BCUT2D eigenvalue weighted by atomic mass is 9.96. The minimum absolute atomic E-state index is 0.100. The van der Waals surface area contributed by atoms with Gasteiger partial charge in [-0.25, -0.2) is 0 Å². The van der Waals surface area contributed by atoms with E-state index in [2.05, 4.69) is 84.0 Å². The molecule has 1 heterocycles. The maximum Gasteiger partial charge on any atom is 0.234 e. The van der Waals surface area contributed by atoms with Gasteiger partial charge < -0.3 is 10.6 Å². The van der Waals surface area contributed by atoms with Gasteiger partial charge in [-0.3, -0.25) is 9.69 Å². The molecule has 1 fully saturated rings. The summed E-state index contributed by atoms with van der Waals surface area (Å²) < 4.78 is 0. The van der Waals surface area contributed by atoms with Crippen LogP contribution in [0.1, 0.15) is 43.9 Å². The van der Waals surface area contributed by atoms with Gasteiger partial charge in [0, 0.05) is 31.7 Å². The smallest absolute Gasteiger partial charge is 0.234 e. The first-order valence-corrected chi connectivity index (χ1v) is 10.5. The van der Waals surface area contributed by atoms with Gasteiger partial charge in [-0.2, -0.15) is 0 Å². The van der Waals surface area contributed by atoms with Crippen LogP contribution in [0, 0.1) is 5.92 Å². The second-order valence-corrected chi connectivity index (χ2v) is 8.12. The molecule has 1 saturated heterocycles. The Hall–Kier alpha value is -2.17. The summed E-state index contributed by atoms with van der Waals surface area (Å²) in [6, 6.07) is 21.5. The fourth-order valence-corrected chi connectivity index (χ4v) is 3.96. The van der Waals surface area contributed by atoms with Crippen molar-refractivity contribution in [3.05, 3.63) is 71.8 Å². The zero-order valence-electron chi connectivity index (χ0n) is 17.1. The fraction of sp³-hybridized carbons (Fsp3) is 0.458. The van der Waals surface area contributed by atoms with Crippen molar-refractivity contribution in [3.63, 3.8) is 0 Å². The highest BCUT2D eigenvalue weighted by Gasteiger charge is 2.22. The Morgan fingerprint density at radius 1 is 1.00 bits per heavy atom. The first kappa shape index (κ1) is 20.6. The van der Waals surface area contributed by atoms with E-state index in [1.54, 1.807) is 0 Å². The van der Waals surface area contributed by atoms with Crippen LogP contribution < -0.4 is 10.6 Å². The third-order valence-electron chi connectivity index (χ3n) is 5.51. The highest BCUT2D eigenvalue weighted by Crippen LogP contribution is 2.21. The maximum atomic E-state index is 12.5. The molecule has 0 bridgehead atoms. The van der Waals surface area contributed by atoms with E-state index in [0.717, 1.165) is 32.5 Å². The molecule has 150 valence electrons. The van der Waals surface area contributed by atoms with Crippen LogP contribution in [0.4, 0.5) is 0 Å². The average molecular weight is 380 g/mol. The van der Waals surface area contributed by atoms with Crippen LogP contribution in [0.25, 0.3) is 0 Å². The quantitative estimate of drug-likeness (QED) is 0.734. The molecule has 0 unspecified atom stereocenters. The minimum Gasteiger partial charge on any atom is -0.352 e. The van der Waals surface area contributed by atoms with E-state index in [4.69, 9.17) is 0 Å². The molecule has 0 spiro atoms. The number of likely N-dealkylation sites (tertiary alicyclic amines) is 1. The normalized spacial score (nSPS) is 16.8. The van der Waals surface area contributed by atoms with Crippen molar-refractivity contribution < 1.29 is 4.79 Å². The van der Waals surface area contributed by atoms with Crippen LogP contribution >= 0.6 is 0 Å². The number of nitrogens with zero attached hydrogens (tertiary/aromatic N) is 1. The number of nitrogens with one attached hydrogen (secondary N) is 2. The van der Waals surface area contributed by atoms with Crippen molar-refractivity contribution in [1.29, 1.82) is 0 Å². The van der Waals surface area contributed by atoms with E-state index in [1.807, 2.05) is 6.07 Å². The Bertz CT molecular complexity index is 709. The molecule has 2 aromatic rings. The van der Waals surface area contributed by atoms with Crippen LogP contribution in [0.3, 0.4) is 0 Å². The van der Waals surface area contributed by atoms with Crippen LogP contribution in [0.15, 0.2) is 60.7 Å². The third kappa shape index (κ3) is 6.18. The number of carbonyl (C=O) groups is 1. The highest BCUT2D eigenvalue weighted by atomic mass is 16.2. The van der Waals surface area contributed by atoms with E-state index in [9.17, 15) is 4.79 Å². The van der Waals surface area contributed by atoms with E-state index in [-0.39, 0.29) is 18.0 Å². The zero-order chi connectivity index (χ0) is 19.8. The number of piperidine rings is 1. The summed E-state index contributed by atoms with van der Waals surface area (Å²) in [4.78, 5) is 14.9. The predicted octanol–water partition coefficient (Wildman–Crippen LogP) is 3.75. The summed E-state index contributed by atoms with van der Waals surface area (Å²) in [6.07, 6.45) is 2.04. The van der Waals surface area contributed by atoms with Crippen molar-refractivity contribution in [2.75, 3.05) is 19.6 Å². The molecule has 0 radical (unpaired) electrons. The molecule has 1 atom stereocenters. The number of hydrogen-bond donors (Lipinski definition) is 2. The van der Waals surface area contributed by atoms with Crippen LogP contribution in [0.2, 0.25) is 0 Å². The topological polar surface area (TPSA) is 44.4 Å². The molecule has 2 aromatic carbocycles. The van der Waals surface area contributed by atoms with Crippen LogP contribution in [-0.2, 0) is 11.3 Å². The average Bonchev–Trinajstić information content (AvgIpc) is 2.71. The second-order valence-electron chi connectivity index (χ2n) is 8.12. The molecule has 0 aliphatic carbocycles. The van der Waals surface area contributed by atoms with Crippen molar-refractivity contribution in [3.8, 4) is 0 Å². The molecule has 3 rings (SSSR count). The Morgan fingerprint density at radius 2 is 1.61 bits per heavy atom. The summed E-state index contributed by atoms with van der Waals surface area (Å²) >= 11 is 0. The van der Waals surface area contributed by atoms with Crippen molar-refractivity contribution in [2.45, 2.75) is 45.3 Å². The van der Waals surface area contributed by atoms with Gasteiger partial charge in [0.2, 0.25) is 5.91 Å². The predicted molar refractivity (Wildman–Crippen MR) is 115 cm³/mol. The molecular formula is C24H33N3O. The van der Waals surface area contributed by atoms with Crippen LogP contribution in [-0.4, -0.2) is 36.5 Å². The van der Waals surface area contributed by atoms with Crippen molar-refractivity contribution in [1.82, 2.24) is 15.5 Å². The van der Waals surface area contributed by atoms with E-state index in [1.165, 1.54) is 11.1 Å². The van der Waals surface area contributed by atoms with Crippen molar-refractivity contribution in [2.24, 2.45) is 5.92 Å². The number of benzene rings is 2. The Balaban J connectivity index is 1.40. The summed E-state index contributed by atoms with van der Waals surface area (Å²) in [7, 11) is 0. The lowest BCUT2D eigenvalue weighted by Crippen LogP contribution is -2.47. The Labute approximate surface area is 169 Å². The van der Waals surface area contributed by atoms with Gasteiger partial charge in [0.15, 0.2) is 0 Å². The van der Waals surface area contributed by atoms with E-state index >= 15 is 0 Å². The Morgan fingerprint density at radius 3 is 2.21 bits per heavy atom. The lowest BCUT2D eigenvalue weighted by Gasteiger charge is -2.32. The van der Waals surface area contributed by atoms with Gasteiger partial charge in [0.05, 0.1) is 6.54 Å². The molecule has 0 aromatic heterocycles. The number of rotatable bonds is 8. The third-order valence-corrected chi connectivity index (χ3v) is 5.51.